The van der Waals surface area contributed by atoms with Crippen LogP contribution in [0.5, 0.6) is 0 Å². The van der Waals surface area contributed by atoms with Gasteiger partial charge in [0.05, 0.1) is 11.6 Å². The predicted octanol–water partition coefficient (Wildman–Crippen LogP) is 2.05. The van der Waals surface area contributed by atoms with E-state index in [2.05, 4.69) is 10.6 Å². The fraction of sp³-hybridized carbons (Fsp3) is 0.429. The normalized spacial score (nSPS) is 12.4. The zero-order valence-corrected chi connectivity index (χ0v) is 11.5. The second kappa shape index (κ2) is 6.21. The summed E-state index contributed by atoms with van der Waals surface area (Å²) in [4.78, 5) is 11.9. The van der Waals surface area contributed by atoms with E-state index in [0.29, 0.717) is 17.8 Å². The SMILES string of the molecule is CC(C)(C)C(CN)NC(=O)Nc1cccc(C#N)c1. The van der Waals surface area contributed by atoms with Crippen LogP contribution < -0.4 is 16.4 Å². The average Bonchev–Trinajstić information content (AvgIpc) is 2.34. The number of nitrogens with zero attached hydrogens (tertiary/aromatic N) is 1. The lowest BCUT2D eigenvalue weighted by Gasteiger charge is -2.30. The van der Waals surface area contributed by atoms with E-state index in [1.54, 1.807) is 24.3 Å². The monoisotopic (exact) mass is 260 g/mol. The number of nitriles is 1. The number of benzene rings is 1. The van der Waals surface area contributed by atoms with Crippen molar-refractivity contribution in [1.29, 1.82) is 5.26 Å². The number of urea groups is 1. The lowest BCUT2D eigenvalue weighted by molar-refractivity contribution is 0.230. The van der Waals surface area contributed by atoms with Crippen LogP contribution in [-0.2, 0) is 0 Å². The molecule has 2 amide bonds. The first-order chi connectivity index (χ1) is 8.86. The summed E-state index contributed by atoms with van der Waals surface area (Å²) in [5.74, 6) is 0. The maximum absolute atomic E-state index is 11.9. The Morgan fingerprint density at radius 3 is 2.68 bits per heavy atom. The van der Waals surface area contributed by atoms with Gasteiger partial charge in [0.25, 0.3) is 0 Å². The van der Waals surface area contributed by atoms with Crippen molar-refractivity contribution in [2.45, 2.75) is 26.8 Å². The summed E-state index contributed by atoms with van der Waals surface area (Å²) >= 11 is 0. The molecule has 4 N–H and O–H groups in total. The third kappa shape index (κ3) is 4.60. The Labute approximate surface area is 113 Å². The number of hydrogen-bond acceptors (Lipinski definition) is 3. The van der Waals surface area contributed by atoms with E-state index in [1.807, 2.05) is 26.8 Å². The molecular formula is C14H20N4O. The summed E-state index contributed by atoms with van der Waals surface area (Å²) in [6.45, 7) is 6.42. The second-order valence-corrected chi connectivity index (χ2v) is 5.45. The Balaban J connectivity index is 2.67. The molecule has 0 spiro atoms. The van der Waals surface area contributed by atoms with Gasteiger partial charge < -0.3 is 16.4 Å². The standard InChI is InChI=1S/C14H20N4O/c1-14(2,3)12(9-16)18-13(19)17-11-6-4-5-10(7-11)8-15/h4-7,12H,9,16H2,1-3H3,(H2,17,18,19). The number of carbonyl (C=O) groups is 1. The van der Waals surface area contributed by atoms with Crippen molar-refractivity contribution in [3.63, 3.8) is 0 Å². The number of nitrogens with one attached hydrogen (secondary N) is 2. The van der Waals surface area contributed by atoms with Crippen molar-refractivity contribution in [3.05, 3.63) is 29.8 Å². The average molecular weight is 260 g/mol. The van der Waals surface area contributed by atoms with Gasteiger partial charge in [-0.15, -0.1) is 0 Å². The van der Waals surface area contributed by atoms with Crippen LogP contribution in [0.15, 0.2) is 24.3 Å². The second-order valence-electron chi connectivity index (χ2n) is 5.45. The van der Waals surface area contributed by atoms with Gasteiger partial charge in [0.15, 0.2) is 0 Å². The maximum Gasteiger partial charge on any atom is 0.319 e. The first-order valence-electron chi connectivity index (χ1n) is 6.14. The zero-order chi connectivity index (χ0) is 14.5. The Hall–Kier alpha value is -2.06. The first-order valence-corrected chi connectivity index (χ1v) is 6.14. The van der Waals surface area contributed by atoms with Crippen molar-refractivity contribution in [1.82, 2.24) is 5.32 Å². The van der Waals surface area contributed by atoms with Crippen LogP contribution in [-0.4, -0.2) is 18.6 Å². The summed E-state index contributed by atoms with van der Waals surface area (Å²) in [5.41, 5.74) is 6.64. The first kappa shape index (κ1) is 15.0. The maximum atomic E-state index is 11.9. The summed E-state index contributed by atoms with van der Waals surface area (Å²) in [7, 11) is 0. The van der Waals surface area contributed by atoms with Crippen molar-refractivity contribution in [2.24, 2.45) is 11.1 Å². The molecule has 0 bridgehead atoms. The van der Waals surface area contributed by atoms with Crippen molar-refractivity contribution < 1.29 is 4.79 Å². The summed E-state index contributed by atoms with van der Waals surface area (Å²) < 4.78 is 0. The number of hydrogen-bond donors (Lipinski definition) is 3. The van der Waals surface area contributed by atoms with Gasteiger partial charge >= 0.3 is 6.03 Å². The van der Waals surface area contributed by atoms with Crippen LogP contribution >= 0.6 is 0 Å². The van der Waals surface area contributed by atoms with Crippen molar-refractivity contribution in [3.8, 4) is 6.07 Å². The number of nitrogens with two attached hydrogens (primary N) is 1. The largest absolute Gasteiger partial charge is 0.333 e. The molecule has 1 unspecified atom stereocenters. The molecule has 1 aromatic carbocycles. The Kier molecular flexibility index (Phi) is 4.90. The van der Waals surface area contributed by atoms with Gasteiger partial charge in [-0.2, -0.15) is 5.26 Å². The predicted molar refractivity (Wildman–Crippen MR) is 75.6 cm³/mol. The molecule has 0 radical (unpaired) electrons. The lowest BCUT2D eigenvalue weighted by Crippen LogP contribution is -2.49. The third-order valence-corrected chi connectivity index (χ3v) is 2.84. The highest BCUT2D eigenvalue weighted by molar-refractivity contribution is 5.89. The quantitative estimate of drug-likeness (QED) is 0.776. The third-order valence-electron chi connectivity index (χ3n) is 2.84. The molecule has 0 fully saturated rings. The molecule has 0 aliphatic carbocycles. The molecule has 5 heteroatoms. The number of carbonyl (C=O) groups excluding carboxylic acids is 1. The highest BCUT2D eigenvalue weighted by Crippen LogP contribution is 2.18. The highest BCUT2D eigenvalue weighted by Gasteiger charge is 2.24. The Morgan fingerprint density at radius 1 is 1.47 bits per heavy atom. The minimum atomic E-state index is -0.319. The van der Waals surface area contributed by atoms with E-state index in [-0.39, 0.29) is 17.5 Å². The summed E-state index contributed by atoms with van der Waals surface area (Å²) in [6, 6.07) is 8.34. The number of amides is 2. The molecule has 5 nitrogen and oxygen atoms in total. The van der Waals surface area contributed by atoms with Gasteiger partial charge in [-0.25, -0.2) is 4.79 Å². The van der Waals surface area contributed by atoms with E-state index >= 15 is 0 Å². The van der Waals surface area contributed by atoms with E-state index in [0.717, 1.165) is 0 Å². The van der Waals surface area contributed by atoms with Gasteiger partial charge in [-0.05, 0) is 23.6 Å². The zero-order valence-electron chi connectivity index (χ0n) is 11.5. The number of anilines is 1. The van der Waals surface area contributed by atoms with Gasteiger partial charge in [-0.3, -0.25) is 0 Å². The molecule has 0 aliphatic rings. The fourth-order valence-electron chi connectivity index (χ4n) is 1.62. The van der Waals surface area contributed by atoms with Crippen molar-refractivity contribution in [2.75, 3.05) is 11.9 Å². The molecule has 0 heterocycles. The van der Waals surface area contributed by atoms with Crippen LogP contribution in [0, 0.1) is 16.7 Å². The molecule has 0 aromatic heterocycles. The smallest absolute Gasteiger partial charge is 0.319 e. The number of rotatable bonds is 3. The minimum Gasteiger partial charge on any atom is -0.333 e. The molecular weight excluding hydrogens is 240 g/mol. The van der Waals surface area contributed by atoms with Crippen LogP contribution in [0.2, 0.25) is 0 Å². The van der Waals surface area contributed by atoms with Crippen LogP contribution in [0.3, 0.4) is 0 Å². The van der Waals surface area contributed by atoms with Crippen LogP contribution in [0.4, 0.5) is 10.5 Å². The molecule has 1 aromatic rings. The molecule has 1 atom stereocenters. The topological polar surface area (TPSA) is 90.9 Å². The molecule has 0 saturated carbocycles. The van der Waals surface area contributed by atoms with Gasteiger partial charge in [0.1, 0.15) is 0 Å². The highest BCUT2D eigenvalue weighted by atomic mass is 16.2. The minimum absolute atomic E-state index is 0.111. The molecule has 0 aliphatic heterocycles. The molecule has 19 heavy (non-hydrogen) atoms. The van der Waals surface area contributed by atoms with Crippen LogP contribution in [0.1, 0.15) is 26.3 Å². The van der Waals surface area contributed by atoms with E-state index in [9.17, 15) is 4.79 Å². The summed E-state index contributed by atoms with van der Waals surface area (Å²) in [5, 5.41) is 14.3. The van der Waals surface area contributed by atoms with Crippen molar-refractivity contribution >= 4 is 11.7 Å². The Morgan fingerprint density at radius 2 is 2.16 bits per heavy atom. The summed E-state index contributed by atoms with van der Waals surface area (Å²) in [6.07, 6.45) is 0. The van der Waals surface area contributed by atoms with Crippen LogP contribution in [0.25, 0.3) is 0 Å². The molecule has 102 valence electrons. The fourth-order valence-corrected chi connectivity index (χ4v) is 1.62. The van der Waals surface area contributed by atoms with E-state index in [4.69, 9.17) is 11.0 Å². The van der Waals surface area contributed by atoms with E-state index in [1.165, 1.54) is 0 Å². The Bertz CT molecular complexity index is 485. The molecule has 1 rings (SSSR count). The lowest BCUT2D eigenvalue weighted by atomic mass is 9.87. The van der Waals surface area contributed by atoms with Gasteiger partial charge in [-0.1, -0.05) is 26.8 Å². The van der Waals surface area contributed by atoms with Gasteiger partial charge in [0.2, 0.25) is 0 Å². The van der Waals surface area contributed by atoms with Gasteiger partial charge in [0, 0.05) is 18.3 Å². The molecule has 0 saturated heterocycles. The van der Waals surface area contributed by atoms with E-state index < -0.39 is 0 Å².